The van der Waals surface area contributed by atoms with Gasteiger partial charge in [-0.15, -0.1) is 0 Å². The summed E-state index contributed by atoms with van der Waals surface area (Å²) in [5.41, 5.74) is 6.54. The summed E-state index contributed by atoms with van der Waals surface area (Å²) in [6, 6.07) is 5.10. The molecule has 2 N–H and O–H groups in total. The molecule has 1 aromatic carbocycles. The van der Waals surface area contributed by atoms with Crippen LogP contribution in [0.4, 0.5) is 5.69 Å². The molecule has 0 aliphatic rings. The van der Waals surface area contributed by atoms with Crippen molar-refractivity contribution < 1.29 is 14.3 Å². The second-order valence-electron chi connectivity index (χ2n) is 4.28. The number of carbonyl (C=O) groups is 1. The third-order valence-corrected chi connectivity index (χ3v) is 2.72. The maximum absolute atomic E-state index is 11.4. The summed E-state index contributed by atoms with van der Waals surface area (Å²) >= 11 is 0. The summed E-state index contributed by atoms with van der Waals surface area (Å²) in [5, 5.41) is 0. The molecule has 0 fully saturated rings. The molecule has 0 saturated heterocycles. The molecule has 0 bridgehead atoms. The number of carbonyl (C=O) groups excluding carboxylic acids is 1. The van der Waals surface area contributed by atoms with E-state index in [1.807, 2.05) is 6.92 Å². The average Bonchev–Trinajstić information content (AvgIpc) is 2.30. The number of esters is 1. The lowest BCUT2D eigenvalue weighted by molar-refractivity contribution is 0.0601. The number of hydrogen-bond donors (Lipinski definition) is 1. The molecule has 94 valence electrons. The van der Waals surface area contributed by atoms with Crippen molar-refractivity contribution in [3.63, 3.8) is 0 Å². The standard InChI is InChI=1S/C13H19NO3/c1-8(2)9(3)17-11-7-5-6-10(12(11)14)13(15)16-4/h5-9H,14H2,1-4H3. The number of benzene rings is 1. The van der Waals surface area contributed by atoms with Crippen LogP contribution < -0.4 is 10.5 Å². The Morgan fingerprint density at radius 3 is 2.47 bits per heavy atom. The van der Waals surface area contributed by atoms with E-state index in [0.717, 1.165) is 0 Å². The SMILES string of the molecule is COC(=O)c1cccc(OC(C)C(C)C)c1N. The highest BCUT2D eigenvalue weighted by atomic mass is 16.5. The van der Waals surface area contributed by atoms with Crippen LogP contribution in [0.1, 0.15) is 31.1 Å². The molecule has 0 aliphatic carbocycles. The summed E-state index contributed by atoms with van der Waals surface area (Å²) in [5.74, 6) is 0.440. The van der Waals surface area contributed by atoms with E-state index in [1.165, 1.54) is 7.11 Å². The van der Waals surface area contributed by atoms with Crippen molar-refractivity contribution in [1.82, 2.24) is 0 Å². The lowest BCUT2D eigenvalue weighted by atomic mass is 10.1. The van der Waals surface area contributed by atoms with E-state index in [1.54, 1.807) is 18.2 Å². The lowest BCUT2D eigenvalue weighted by Gasteiger charge is -2.19. The lowest BCUT2D eigenvalue weighted by Crippen LogP contribution is -2.20. The highest BCUT2D eigenvalue weighted by molar-refractivity contribution is 5.96. The molecule has 0 spiro atoms. The van der Waals surface area contributed by atoms with Crippen molar-refractivity contribution in [1.29, 1.82) is 0 Å². The molecule has 0 aliphatic heterocycles. The smallest absolute Gasteiger partial charge is 0.340 e. The van der Waals surface area contributed by atoms with Gasteiger partial charge in [-0.25, -0.2) is 4.79 Å². The number of anilines is 1. The van der Waals surface area contributed by atoms with Crippen LogP contribution in [0.15, 0.2) is 18.2 Å². The fourth-order valence-corrected chi connectivity index (χ4v) is 1.27. The fourth-order valence-electron chi connectivity index (χ4n) is 1.27. The largest absolute Gasteiger partial charge is 0.488 e. The first-order valence-corrected chi connectivity index (χ1v) is 5.60. The number of nitrogens with two attached hydrogens (primary N) is 1. The Balaban J connectivity index is 2.98. The van der Waals surface area contributed by atoms with E-state index in [2.05, 4.69) is 18.6 Å². The van der Waals surface area contributed by atoms with Crippen molar-refractivity contribution >= 4 is 11.7 Å². The number of ether oxygens (including phenoxy) is 2. The van der Waals surface area contributed by atoms with E-state index < -0.39 is 5.97 Å². The molecule has 4 nitrogen and oxygen atoms in total. The molecule has 17 heavy (non-hydrogen) atoms. The third kappa shape index (κ3) is 3.12. The van der Waals surface area contributed by atoms with Crippen molar-refractivity contribution in [3.05, 3.63) is 23.8 Å². The van der Waals surface area contributed by atoms with Crippen LogP contribution in [0.5, 0.6) is 5.75 Å². The zero-order valence-corrected chi connectivity index (χ0v) is 10.7. The van der Waals surface area contributed by atoms with E-state index >= 15 is 0 Å². The molecule has 0 saturated carbocycles. The predicted molar refractivity (Wildman–Crippen MR) is 67.1 cm³/mol. The van der Waals surface area contributed by atoms with Gasteiger partial charge in [0.15, 0.2) is 0 Å². The Bertz CT molecular complexity index is 402. The highest BCUT2D eigenvalue weighted by Crippen LogP contribution is 2.27. The molecular formula is C13H19NO3. The van der Waals surface area contributed by atoms with Gasteiger partial charge in [-0.1, -0.05) is 19.9 Å². The van der Waals surface area contributed by atoms with Gasteiger partial charge in [0.2, 0.25) is 0 Å². The molecule has 0 aromatic heterocycles. The van der Waals surface area contributed by atoms with Gasteiger partial charge in [0.25, 0.3) is 0 Å². The van der Waals surface area contributed by atoms with E-state index in [0.29, 0.717) is 22.9 Å². The molecule has 0 amide bonds. The van der Waals surface area contributed by atoms with Crippen molar-refractivity contribution in [2.45, 2.75) is 26.9 Å². The maximum Gasteiger partial charge on any atom is 0.340 e. The number of hydrogen-bond acceptors (Lipinski definition) is 4. The Hall–Kier alpha value is -1.71. The second-order valence-corrected chi connectivity index (χ2v) is 4.28. The minimum absolute atomic E-state index is 0.0326. The molecule has 1 atom stereocenters. The van der Waals surface area contributed by atoms with Crippen molar-refractivity contribution in [3.8, 4) is 5.75 Å². The van der Waals surface area contributed by atoms with Crippen molar-refractivity contribution in [2.24, 2.45) is 5.92 Å². The molecule has 4 heteroatoms. The Kier molecular flexibility index (Phi) is 4.37. The minimum Gasteiger partial charge on any atom is -0.488 e. The fraction of sp³-hybridized carbons (Fsp3) is 0.462. The maximum atomic E-state index is 11.4. The first-order valence-electron chi connectivity index (χ1n) is 5.60. The van der Waals surface area contributed by atoms with Gasteiger partial charge < -0.3 is 15.2 Å². The number of para-hydroxylation sites is 1. The van der Waals surface area contributed by atoms with Gasteiger partial charge in [-0.05, 0) is 25.0 Å². The van der Waals surface area contributed by atoms with Gasteiger partial charge in [-0.2, -0.15) is 0 Å². The topological polar surface area (TPSA) is 61.5 Å². The normalized spacial score (nSPS) is 12.3. The molecule has 0 heterocycles. The zero-order valence-electron chi connectivity index (χ0n) is 10.7. The summed E-state index contributed by atoms with van der Waals surface area (Å²) < 4.78 is 10.4. The van der Waals surface area contributed by atoms with Crippen LogP contribution in [-0.4, -0.2) is 19.2 Å². The van der Waals surface area contributed by atoms with Gasteiger partial charge in [-0.3, -0.25) is 0 Å². The van der Waals surface area contributed by atoms with Gasteiger partial charge in [0, 0.05) is 0 Å². The third-order valence-electron chi connectivity index (χ3n) is 2.72. The van der Waals surface area contributed by atoms with Crippen molar-refractivity contribution in [2.75, 3.05) is 12.8 Å². The average molecular weight is 237 g/mol. The zero-order chi connectivity index (χ0) is 13.0. The van der Waals surface area contributed by atoms with Gasteiger partial charge >= 0.3 is 5.97 Å². The quantitative estimate of drug-likeness (QED) is 0.645. The summed E-state index contributed by atoms with van der Waals surface area (Å²) in [6.07, 6.45) is 0.0326. The molecular weight excluding hydrogens is 218 g/mol. The van der Waals surface area contributed by atoms with E-state index in [-0.39, 0.29) is 6.10 Å². The molecule has 0 radical (unpaired) electrons. The summed E-state index contributed by atoms with van der Waals surface area (Å²) in [7, 11) is 1.33. The highest BCUT2D eigenvalue weighted by Gasteiger charge is 2.16. The summed E-state index contributed by atoms with van der Waals surface area (Å²) in [6.45, 7) is 6.09. The molecule has 1 aromatic rings. The van der Waals surface area contributed by atoms with Crippen LogP contribution in [0.2, 0.25) is 0 Å². The van der Waals surface area contributed by atoms with Crippen LogP contribution in [0.3, 0.4) is 0 Å². The van der Waals surface area contributed by atoms with E-state index in [9.17, 15) is 4.79 Å². The monoisotopic (exact) mass is 237 g/mol. The van der Waals surface area contributed by atoms with Gasteiger partial charge in [0.05, 0.1) is 24.5 Å². The Labute approximate surface area is 102 Å². The predicted octanol–water partition coefficient (Wildman–Crippen LogP) is 2.48. The minimum atomic E-state index is -0.454. The number of methoxy groups -OCH3 is 1. The number of rotatable bonds is 4. The molecule has 1 rings (SSSR count). The summed E-state index contributed by atoms with van der Waals surface area (Å²) in [4.78, 5) is 11.4. The van der Waals surface area contributed by atoms with Gasteiger partial charge in [0.1, 0.15) is 5.75 Å². The first kappa shape index (κ1) is 13.4. The molecule has 1 unspecified atom stereocenters. The first-order chi connectivity index (χ1) is 7.97. The Morgan fingerprint density at radius 2 is 1.94 bits per heavy atom. The van der Waals surface area contributed by atoms with Crippen LogP contribution in [0, 0.1) is 5.92 Å². The number of nitrogen functional groups attached to an aromatic ring is 1. The Morgan fingerprint density at radius 1 is 1.29 bits per heavy atom. The van der Waals surface area contributed by atoms with E-state index in [4.69, 9.17) is 10.5 Å². The van der Waals surface area contributed by atoms with Crippen LogP contribution in [0.25, 0.3) is 0 Å². The van der Waals surface area contributed by atoms with Crippen LogP contribution in [-0.2, 0) is 4.74 Å². The second kappa shape index (κ2) is 5.57. The van der Waals surface area contributed by atoms with Crippen LogP contribution >= 0.6 is 0 Å².